The molecule has 2 heterocycles. The summed E-state index contributed by atoms with van der Waals surface area (Å²) in [6.45, 7) is 2.72. The van der Waals surface area contributed by atoms with E-state index in [1.807, 2.05) is 47.2 Å². The zero-order chi connectivity index (χ0) is 21.8. The molecule has 0 saturated heterocycles. The number of benzene rings is 1. The first-order chi connectivity index (χ1) is 15.1. The summed E-state index contributed by atoms with van der Waals surface area (Å²) in [5.74, 6) is 2.70. The third-order valence-corrected chi connectivity index (χ3v) is 8.07. The predicted molar refractivity (Wildman–Crippen MR) is 126 cm³/mol. The fourth-order valence-electron chi connectivity index (χ4n) is 3.94. The first-order valence-electron chi connectivity index (χ1n) is 10.6. The fourth-order valence-corrected chi connectivity index (χ4v) is 5.91. The van der Waals surface area contributed by atoms with Gasteiger partial charge in [-0.15, -0.1) is 21.5 Å². The van der Waals surface area contributed by atoms with Crippen LogP contribution in [-0.4, -0.2) is 33.5 Å². The molecule has 0 saturated carbocycles. The first-order valence-corrected chi connectivity index (χ1v) is 12.4. The van der Waals surface area contributed by atoms with Gasteiger partial charge in [0.05, 0.1) is 17.7 Å². The quantitative estimate of drug-likeness (QED) is 0.506. The van der Waals surface area contributed by atoms with Crippen LogP contribution in [0.1, 0.15) is 35.8 Å². The lowest BCUT2D eigenvalue weighted by Crippen LogP contribution is -2.25. The average molecular weight is 457 g/mol. The average Bonchev–Trinajstić information content (AvgIpc) is 3.38. The second-order valence-corrected chi connectivity index (χ2v) is 9.90. The zero-order valence-corrected chi connectivity index (χ0v) is 19.8. The van der Waals surface area contributed by atoms with Gasteiger partial charge in [0.1, 0.15) is 5.75 Å². The number of fused-ring (bicyclic) bond motifs is 1. The summed E-state index contributed by atoms with van der Waals surface area (Å²) in [5, 5.41) is 12.4. The minimum atomic E-state index is -0.0438. The Bertz CT molecular complexity index is 1060. The number of ether oxygens (including phenoxy) is 1. The molecule has 0 unspecified atom stereocenters. The van der Waals surface area contributed by atoms with Gasteiger partial charge < -0.3 is 14.6 Å². The van der Waals surface area contributed by atoms with Crippen LogP contribution in [0.25, 0.3) is 10.7 Å². The number of amides is 1. The molecule has 3 aromatic rings. The largest absolute Gasteiger partial charge is 0.496 e. The van der Waals surface area contributed by atoms with E-state index in [1.165, 1.54) is 52.8 Å². The second-order valence-electron chi connectivity index (χ2n) is 7.82. The summed E-state index contributed by atoms with van der Waals surface area (Å²) in [7, 11) is 3.60. The molecule has 0 fully saturated rings. The summed E-state index contributed by atoms with van der Waals surface area (Å²) in [5.41, 5.74) is 2.43. The van der Waals surface area contributed by atoms with Crippen LogP contribution in [0.2, 0.25) is 0 Å². The smallest absolute Gasteiger partial charge is 0.230 e. The SMILES string of the molecule is CC[C@H]1CCc2sc(-c3nnc(SCC(=O)NCc4ccccc4OC)n3C)cc2C1. The molecule has 164 valence electrons. The van der Waals surface area contributed by atoms with Gasteiger partial charge in [-0.3, -0.25) is 4.79 Å². The Morgan fingerprint density at radius 1 is 1.35 bits per heavy atom. The molecule has 1 atom stereocenters. The van der Waals surface area contributed by atoms with E-state index in [0.717, 1.165) is 28.2 Å². The van der Waals surface area contributed by atoms with Gasteiger partial charge in [-0.05, 0) is 42.9 Å². The number of hydrogen-bond acceptors (Lipinski definition) is 6. The van der Waals surface area contributed by atoms with E-state index >= 15 is 0 Å². The molecule has 0 radical (unpaired) electrons. The molecule has 8 heteroatoms. The number of para-hydroxylation sites is 1. The Morgan fingerprint density at radius 2 is 2.19 bits per heavy atom. The Hall–Kier alpha value is -2.32. The van der Waals surface area contributed by atoms with Gasteiger partial charge in [0, 0.05) is 24.0 Å². The lowest BCUT2D eigenvalue weighted by Gasteiger charge is -2.19. The summed E-state index contributed by atoms with van der Waals surface area (Å²) in [6.07, 6.45) is 4.88. The lowest BCUT2D eigenvalue weighted by atomic mass is 9.87. The van der Waals surface area contributed by atoms with Crippen LogP contribution in [0.5, 0.6) is 5.75 Å². The van der Waals surface area contributed by atoms with Crippen molar-refractivity contribution in [3.8, 4) is 16.5 Å². The molecular formula is C23H28N4O2S2. The van der Waals surface area contributed by atoms with Gasteiger partial charge in [-0.2, -0.15) is 0 Å². The van der Waals surface area contributed by atoms with Crippen LogP contribution in [0, 0.1) is 5.92 Å². The van der Waals surface area contributed by atoms with Crippen LogP contribution >= 0.6 is 23.1 Å². The van der Waals surface area contributed by atoms with Crippen molar-refractivity contribution in [2.45, 2.75) is 44.3 Å². The van der Waals surface area contributed by atoms with E-state index in [0.29, 0.717) is 12.3 Å². The molecule has 1 amide bonds. The molecule has 6 nitrogen and oxygen atoms in total. The van der Waals surface area contributed by atoms with Crippen molar-refractivity contribution in [1.82, 2.24) is 20.1 Å². The zero-order valence-electron chi connectivity index (χ0n) is 18.2. The van der Waals surface area contributed by atoms with E-state index in [9.17, 15) is 4.79 Å². The van der Waals surface area contributed by atoms with Gasteiger partial charge in [-0.1, -0.05) is 43.3 Å². The number of carbonyl (C=O) groups is 1. The van der Waals surface area contributed by atoms with Gasteiger partial charge >= 0.3 is 0 Å². The van der Waals surface area contributed by atoms with Gasteiger partial charge in [0.2, 0.25) is 5.91 Å². The highest BCUT2D eigenvalue weighted by molar-refractivity contribution is 7.99. The molecule has 0 spiro atoms. The Morgan fingerprint density at radius 3 is 3.00 bits per heavy atom. The molecule has 2 aromatic heterocycles. The molecule has 0 bridgehead atoms. The summed E-state index contributed by atoms with van der Waals surface area (Å²) < 4.78 is 7.33. The molecule has 1 aliphatic carbocycles. The Kier molecular flexibility index (Phi) is 6.97. The van der Waals surface area contributed by atoms with E-state index in [4.69, 9.17) is 4.74 Å². The maximum absolute atomic E-state index is 12.3. The van der Waals surface area contributed by atoms with Crippen LogP contribution < -0.4 is 10.1 Å². The number of methoxy groups -OCH3 is 1. The third kappa shape index (κ3) is 4.96. The van der Waals surface area contributed by atoms with Gasteiger partial charge in [-0.25, -0.2) is 0 Å². The summed E-state index contributed by atoms with van der Waals surface area (Å²) in [4.78, 5) is 15.0. The van der Waals surface area contributed by atoms with Crippen LogP contribution in [0.4, 0.5) is 0 Å². The van der Waals surface area contributed by atoms with Crippen molar-refractivity contribution in [1.29, 1.82) is 0 Å². The van der Waals surface area contributed by atoms with Gasteiger partial charge in [0.25, 0.3) is 0 Å². The van der Waals surface area contributed by atoms with Crippen molar-refractivity contribution in [3.05, 3.63) is 46.3 Å². The number of rotatable bonds is 8. The number of nitrogens with zero attached hydrogens (tertiary/aromatic N) is 3. The van der Waals surface area contributed by atoms with Crippen LogP contribution in [0.15, 0.2) is 35.5 Å². The topological polar surface area (TPSA) is 69.0 Å². The number of hydrogen-bond donors (Lipinski definition) is 1. The van der Waals surface area contributed by atoms with Gasteiger partial charge in [0.15, 0.2) is 11.0 Å². The molecule has 1 aromatic carbocycles. The van der Waals surface area contributed by atoms with E-state index in [1.54, 1.807) is 7.11 Å². The summed E-state index contributed by atoms with van der Waals surface area (Å²) >= 11 is 3.24. The molecule has 1 aliphatic rings. The number of thiophene rings is 1. The molecule has 4 rings (SSSR count). The van der Waals surface area contributed by atoms with Crippen molar-refractivity contribution in [2.75, 3.05) is 12.9 Å². The van der Waals surface area contributed by atoms with Crippen molar-refractivity contribution in [3.63, 3.8) is 0 Å². The normalized spacial score (nSPS) is 15.5. The molecular weight excluding hydrogens is 428 g/mol. The number of carbonyl (C=O) groups excluding carboxylic acids is 1. The van der Waals surface area contributed by atoms with E-state index in [-0.39, 0.29) is 5.91 Å². The van der Waals surface area contributed by atoms with Crippen molar-refractivity contribution in [2.24, 2.45) is 13.0 Å². The molecule has 31 heavy (non-hydrogen) atoms. The first kappa shape index (κ1) is 21.9. The lowest BCUT2D eigenvalue weighted by molar-refractivity contribution is -0.118. The van der Waals surface area contributed by atoms with Crippen molar-refractivity contribution >= 4 is 29.0 Å². The predicted octanol–water partition coefficient (Wildman–Crippen LogP) is 4.48. The Labute approximate surface area is 191 Å². The minimum Gasteiger partial charge on any atom is -0.496 e. The maximum Gasteiger partial charge on any atom is 0.230 e. The highest BCUT2D eigenvalue weighted by Gasteiger charge is 2.22. The number of nitrogens with one attached hydrogen (secondary N) is 1. The van der Waals surface area contributed by atoms with Crippen LogP contribution in [0.3, 0.4) is 0 Å². The maximum atomic E-state index is 12.3. The van der Waals surface area contributed by atoms with Crippen LogP contribution in [-0.2, 0) is 31.2 Å². The number of aryl methyl sites for hydroxylation is 1. The van der Waals surface area contributed by atoms with E-state index in [2.05, 4.69) is 28.5 Å². The minimum absolute atomic E-state index is 0.0438. The Balaban J connectivity index is 1.36. The standard InChI is InChI=1S/C23H28N4O2S2/c1-4-15-9-10-19-17(11-15)12-20(31-19)22-25-26-23(27(22)2)30-14-21(28)24-13-16-7-5-6-8-18(16)29-3/h5-8,12,15H,4,9-11,13-14H2,1-3H3,(H,24,28)/t15-/m0/s1. The van der Waals surface area contributed by atoms with E-state index < -0.39 is 0 Å². The highest BCUT2D eigenvalue weighted by Crippen LogP contribution is 2.38. The fraction of sp³-hybridized carbons (Fsp3) is 0.435. The third-order valence-electron chi connectivity index (χ3n) is 5.82. The second kappa shape index (κ2) is 9.87. The molecule has 1 N–H and O–H groups in total. The van der Waals surface area contributed by atoms with Crippen molar-refractivity contribution < 1.29 is 9.53 Å². The summed E-state index contributed by atoms with van der Waals surface area (Å²) in [6, 6.07) is 9.98. The number of aromatic nitrogens is 3. The molecule has 0 aliphatic heterocycles. The highest BCUT2D eigenvalue weighted by atomic mass is 32.2. The number of thioether (sulfide) groups is 1. The monoisotopic (exact) mass is 456 g/mol.